The molecular formula is C19H19BrFNO3S. The molecule has 1 atom stereocenters. The fraction of sp³-hybridized carbons (Fsp3) is 0.263. The van der Waals surface area contributed by atoms with E-state index < -0.39 is 17.0 Å². The van der Waals surface area contributed by atoms with Crippen molar-refractivity contribution in [3.8, 4) is 0 Å². The van der Waals surface area contributed by atoms with E-state index in [4.69, 9.17) is 4.74 Å². The van der Waals surface area contributed by atoms with Gasteiger partial charge in [0.1, 0.15) is 11.1 Å². The molecule has 0 fully saturated rings. The molecule has 2 aromatic carbocycles. The van der Waals surface area contributed by atoms with Gasteiger partial charge in [-0.3, -0.25) is 9.59 Å². The van der Waals surface area contributed by atoms with Gasteiger partial charge in [-0.05, 0) is 46.6 Å². The van der Waals surface area contributed by atoms with Crippen molar-refractivity contribution in [3.63, 3.8) is 0 Å². The number of nitrogens with one attached hydrogen (secondary N) is 1. The first-order valence-corrected chi connectivity index (χ1v) is 9.73. The van der Waals surface area contributed by atoms with Crippen LogP contribution >= 0.6 is 27.7 Å². The third-order valence-electron chi connectivity index (χ3n) is 3.59. The minimum absolute atomic E-state index is 0.0599. The molecule has 1 N–H and O–H groups in total. The van der Waals surface area contributed by atoms with Crippen LogP contribution in [0.3, 0.4) is 0 Å². The van der Waals surface area contributed by atoms with Crippen LogP contribution in [0.25, 0.3) is 0 Å². The van der Waals surface area contributed by atoms with Gasteiger partial charge in [-0.15, -0.1) is 11.8 Å². The molecule has 1 amide bonds. The highest BCUT2D eigenvalue weighted by Crippen LogP contribution is 2.36. The van der Waals surface area contributed by atoms with Gasteiger partial charge in [0.05, 0.1) is 12.8 Å². The van der Waals surface area contributed by atoms with Gasteiger partial charge in [0, 0.05) is 14.9 Å². The van der Waals surface area contributed by atoms with Crippen LogP contribution in [0.15, 0.2) is 51.8 Å². The van der Waals surface area contributed by atoms with Gasteiger partial charge in [-0.25, -0.2) is 4.39 Å². The molecule has 1 unspecified atom stereocenters. The third kappa shape index (κ3) is 5.32. The van der Waals surface area contributed by atoms with Gasteiger partial charge in [0.15, 0.2) is 0 Å². The Labute approximate surface area is 164 Å². The Hall–Kier alpha value is -1.86. The number of thioether (sulfide) groups is 1. The van der Waals surface area contributed by atoms with E-state index in [1.807, 2.05) is 6.92 Å². The number of carbonyl (C=O) groups is 2. The SMILES string of the molecule is CCCC(Sc1cc(NC(=O)c2ccccc2)c(F)cc1Br)C(=O)OC. The summed E-state index contributed by atoms with van der Waals surface area (Å²) in [4.78, 5) is 24.9. The molecule has 7 heteroatoms. The highest BCUT2D eigenvalue weighted by molar-refractivity contribution is 9.10. The summed E-state index contributed by atoms with van der Waals surface area (Å²) in [6.07, 6.45) is 1.44. The fourth-order valence-corrected chi connectivity index (χ4v) is 4.08. The summed E-state index contributed by atoms with van der Waals surface area (Å²) >= 11 is 4.60. The summed E-state index contributed by atoms with van der Waals surface area (Å²) in [6, 6.07) is 11.4. The van der Waals surface area contributed by atoms with Crippen molar-refractivity contribution >= 4 is 45.3 Å². The summed E-state index contributed by atoms with van der Waals surface area (Å²) in [6.45, 7) is 1.97. The number of carbonyl (C=O) groups excluding carboxylic acids is 2. The maximum Gasteiger partial charge on any atom is 0.319 e. The van der Waals surface area contributed by atoms with Crippen LogP contribution in [0.1, 0.15) is 30.1 Å². The Bertz CT molecular complexity index is 786. The zero-order chi connectivity index (χ0) is 19.1. The second kappa shape index (κ2) is 9.73. The number of esters is 1. The van der Waals surface area contributed by atoms with Crippen LogP contribution in [0, 0.1) is 5.82 Å². The average molecular weight is 440 g/mol. The Morgan fingerprint density at radius 1 is 1.27 bits per heavy atom. The van der Waals surface area contributed by atoms with Crippen molar-refractivity contribution in [1.29, 1.82) is 0 Å². The van der Waals surface area contributed by atoms with Crippen molar-refractivity contribution in [1.82, 2.24) is 0 Å². The number of hydrogen-bond donors (Lipinski definition) is 1. The van der Waals surface area contributed by atoms with Gasteiger partial charge in [0.2, 0.25) is 0 Å². The molecule has 0 spiro atoms. The Balaban J connectivity index is 2.25. The maximum absolute atomic E-state index is 14.3. The van der Waals surface area contributed by atoms with Crippen molar-refractivity contribution in [3.05, 3.63) is 58.3 Å². The van der Waals surface area contributed by atoms with Crippen molar-refractivity contribution in [2.24, 2.45) is 0 Å². The normalized spacial score (nSPS) is 11.7. The predicted molar refractivity (Wildman–Crippen MR) is 105 cm³/mol. The van der Waals surface area contributed by atoms with Crippen molar-refractivity contribution in [2.75, 3.05) is 12.4 Å². The molecular weight excluding hydrogens is 421 g/mol. The van der Waals surface area contributed by atoms with E-state index in [1.54, 1.807) is 30.3 Å². The number of ether oxygens (including phenoxy) is 1. The lowest BCUT2D eigenvalue weighted by molar-refractivity contribution is -0.140. The Morgan fingerprint density at radius 2 is 1.96 bits per heavy atom. The second-order valence-electron chi connectivity index (χ2n) is 5.50. The van der Waals surface area contributed by atoms with E-state index in [2.05, 4.69) is 21.2 Å². The molecule has 2 aromatic rings. The van der Waals surface area contributed by atoms with Crippen molar-refractivity contribution in [2.45, 2.75) is 29.9 Å². The van der Waals surface area contributed by atoms with Crippen LogP contribution in [0.2, 0.25) is 0 Å². The summed E-state index contributed by atoms with van der Waals surface area (Å²) in [5, 5.41) is 2.18. The van der Waals surface area contributed by atoms with Crippen LogP contribution in [-0.4, -0.2) is 24.2 Å². The average Bonchev–Trinajstić information content (AvgIpc) is 2.65. The number of methoxy groups -OCH3 is 1. The summed E-state index contributed by atoms with van der Waals surface area (Å²) in [5.41, 5.74) is 0.493. The Kier molecular flexibility index (Phi) is 7.66. The number of benzene rings is 2. The topological polar surface area (TPSA) is 55.4 Å². The molecule has 0 bridgehead atoms. The third-order valence-corrected chi connectivity index (χ3v) is 5.81. The van der Waals surface area contributed by atoms with E-state index in [0.717, 1.165) is 6.42 Å². The molecule has 0 radical (unpaired) electrons. The number of anilines is 1. The van der Waals surface area contributed by atoms with E-state index in [9.17, 15) is 14.0 Å². The highest BCUT2D eigenvalue weighted by atomic mass is 79.9. The lowest BCUT2D eigenvalue weighted by Crippen LogP contribution is -2.18. The van der Waals surface area contributed by atoms with Gasteiger partial charge in [0.25, 0.3) is 5.91 Å². The first-order chi connectivity index (χ1) is 12.5. The maximum atomic E-state index is 14.3. The van der Waals surface area contributed by atoms with Crippen LogP contribution in [0.4, 0.5) is 10.1 Å². The second-order valence-corrected chi connectivity index (χ2v) is 7.60. The number of hydrogen-bond acceptors (Lipinski definition) is 4. The lowest BCUT2D eigenvalue weighted by atomic mass is 10.2. The molecule has 0 saturated carbocycles. The van der Waals surface area contributed by atoms with Crippen molar-refractivity contribution < 1.29 is 18.7 Å². The molecule has 0 heterocycles. The minimum Gasteiger partial charge on any atom is -0.468 e. The highest BCUT2D eigenvalue weighted by Gasteiger charge is 2.22. The van der Waals surface area contributed by atoms with E-state index >= 15 is 0 Å². The molecule has 4 nitrogen and oxygen atoms in total. The smallest absolute Gasteiger partial charge is 0.319 e. The van der Waals surface area contributed by atoms with Crippen LogP contribution < -0.4 is 5.32 Å². The molecule has 138 valence electrons. The Morgan fingerprint density at radius 3 is 2.58 bits per heavy atom. The zero-order valence-corrected chi connectivity index (χ0v) is 16.8. The van der Waals surface area contributed by atoms with Crippen LogP contribution in [-0.2, 0) is 9.53 Å². The number of rotatable bonds is 7. The van der Waals surface area contributed by atoms with Gasteiger partial charge >= 0.3 is 5.97 Å². The zero-order valence-electron chi connectivity index (χ0n) is 14.4. The summed E-state index contributed by atoms with van der Waals surface area (Å²) in [5.74, 6) is -1.29. The largest absolute Gasteiger partial charge is 0.468 e. The molecule has 0 aliphatic rings. The summed E-state index contributed by atoms with van der Waals surface area (Å²) in [7, 11) is 1.34. The number of amides is 1. The predicted octanol–water partition coefficient (Wildman–Crippen LogP) is 5.27. The fourth-order valence-electron chi connectivity index (χ4n) is 2.27. The molecule has 0 aliphatic heterocycles. The van der Waals surface area contributed by atoms with Gasteiger partial charge < -0.3 is 10.1 Å². The molecule has 26 heavy (non-hydrogen) atoms. The first kappa shape index (κ1) is 20.5. The first-order valence-electron chi connectivity index (χ1n) is 8.06. The van der Waals surface area contributed by atoms with Crippen LogP contribution in [0.5, 0.6) is 0 Å². The van der Waals surface area contributed by atoms with E-state index in [0.29, 0.717) is 21.4 Å². The molecule has 0 aromatic heterocycles. The van der Waals surface area contributed by atoms with Gasteiger partial charge in [-0.1, -0.05) is 31.5 Å². The van der Waals surface area contributed by atoms with E-state index in [1.165, 1.54) is 31.0 Å². The monoisotopic (exact) mass is 439 g/mol. The molecule has 0 saturated heterocycles. The molecule has 0 aliphatic carbocycles. The lowest BCUT2D eigenvalue weighted by Gasteiger charge is -2.16. The van der Waals surface area contributed by atoms with Gasteiger partial charge in [-0.2, -0.15) is 0 Å². The summed E-state index contributed by atoms with van der Waals surface area (Å²) < 4.78 is 19.6. The molecule has 2 rings (SSSR count). The standard InChI is InChI=1S/C19H19BrFNO3S/c1-3-7-16(19(24)25-2)26-17-11-15(14(21)10-13(17)20)22-18(23)12-8-5-4-6-9-12/h4-6,8-11,16H,3,7H2,1-2H3,(H,22,23). The minimum atomic E-state index is -0.560. The number of halogens is 2. The quantitative estimate of drug-likeness (QED) is 0.471. The van der Waals surface area contributed by atoms with E-state index in [-0.39, 0.29) is 11.7 Å².